The van der Waals surface area contributed by atoms with E-state index in [4.69, 9.17) is 9.47 Å². The van der Waals surface area contributed by atoms with E-state index in [0.717, 1.165) is 23.3 Å². The first-order valence-electron chi connectivity index (χ1n) is 8.64. The second-order valence-corrected chi connectivity index (χ2v) is 6.66. The molecule has 5 nitrogen and oxygen atoms in total. The van der Waals surface area contributed by atoms with E-state index in [1.807, 2.05) is 13.0 Å². The zero-order chi connectivity index (χ0) is 19.0. The standard InChI is InChI=1S/C21H22O5/c1-5-11(2)6-12(3)16-8-13-7-14-9-17(25-4)20(23)21(24)18(14)19(22)15(13)10-26-16/h6-9,11,22H,5,10H2,1-4H3. The summed E-state index contributed by atoms with van der Waals surface area (Å²) in [4.78, 5) is 24.3. The smallest absolute Gasteiger partial charge is 0.268 e. The topological polar surface area (TPSA) is 72.8 Å². The maximum atomic E-state index is 12.3. The van der Waals surface area contributed by atoms with E-state index >= 15 is 0 Å². The predicted molar refractivity (Wildman–Crippen MR) is 98.4 cm³/mol. The average Bonchev–Trinajstić information content (AvgIpc) is 2.63. The molecule has 0 fully saturated rings. The van der Waals surface area contributed by atoms with Crippen LogP contribution in [0, 0.1) is 5.92 Å². The molecule has 1 aliphatic heterocycles. The van der Waals surface area contributed by atoms with Crippen LogP contribution in [-0.2, 0) is 20.9 Å². The number of hydrogen-bond acceptors (Lipinski definition) is 5. The second kappa shape index (κ2) is 6.83. The zero-order valence-corrected chi connectivity index (χ0v) is 15.4. The first-order valence-corrected chi connectivity index (χ1v) is 8.64. The molecule has 1 N–H and O–H groups in total. The molecule has 0 saturated heterocycles. The van der Waals surface area contributed by atoms with Crippen LogP contribution in [0.3, 0.4) is 0 Å². The first kappa shape index (κ1) is 18.0. The minimum atomic E-state index is -0.762. The number of allylic oxidation sites excluding steroid dienone is 3. The number of carbonyl (C=O) groups excluding carboxylic acids is 2. The van der Waals surface area contributed by atoms with Gasteiger partial charge in [-0.25, -0.2) is 0 Å². The van der Waals surface area contributed by atoms with Gasteiger partial charge in [0.2, 0.25) is 5.78 Å². The van der Waals surface area contributed by atoms with Crippen LogP contribution in [0.1, 0.15) is 54.2 Å². The molecule has 136 valence electrons. The maximum absolute atomic E-state index is 12.3. The molecule has 0 bridgehead atoms. The fourth-order valence-electron chi connectivity index (χ4n) is 3.16. The summed E-state index contributed by atoms with van der Waals surface area (Å²) in [6, 6.07) is 1.78. The highest BCUT2D eigenvalue weighted by Crippen LogP contribution is 2.39. The van der Waals surface area contributed by atoms with Crippen molar-refractivity contribution in [2.75, 3.05) is 7.11 Å². The summed E-state index contributed by atoms with van der Waals surface area (Å²) in [7, 11) is 1.34. The zero-order valence-electron chi connectivity index (χ0n) is 15.4. The van der Waals surface area contributed by atoms with Crippen LogP contribution in [0.2, 0.25) is 0 Å². The molecule has 26 heavy (non-hydrogen) atoms. The fourth-order valence-corrected chi connectivity index (χ4v) is 3.16. The van der Waals surface area contributed by atoms with Gasteiger partial charge in [-0.2, -0.15) is 0 Å². The van der Waals surface area contributed by atoms with E-state index < -0.39 is 11.6 Å². The summed E-state index contributed by atoms with van der Waals surface area (Å²) in [5.74, 6) is -0.551. The SMILES string of the molecule is CCC(C)C=C(C)C1=Cc2cc3c(c(O)c2CO1)C(=O)C(=O)C(OC)=C3. The summed E-state index contributed by atoms with van der Waals surface area (Å²) >= 11 is 0. The van der Waals surface area contributed by atoms with Crippen molar-refractivity contribution in [3.63, 3.8) is 0 Å². The summed E-state index contributed by atoms with van der Waals surface area (Å²) in [5.41, 5.74) is 2.81. The third kappa shape index (κ3) is 2.94. The van der Waals surface area contributed by atoms with Gasteiger partial charge in [-0.05, 0) is 47.8 Å². The molecule has 0 aromatic heterocycles. The van der Waals surface area contributed by atoms with Gasteiger partial charge in [0.25, 0.3) is 5.78 Å². The van der Waals surface area contributed by atoms with Crippen LogP contribution in [0.25, 0.3) is 12.2 Å². The van der Waals surface area contributed by atoms with Gasteiger partial charge in [0, 0.05) is 5.56 Å². The van der Waals surface area contributed by atoms with Crippen LogP contribution in [-0.4, -0.2) is 23.8 Å². The summed E-state index contributed by atoms with van der Waals surface area (Å²) in [6.45, 7) is 6.41. The molecule has 1 unspecified atom stereocenters. The Morgan fingerprint density at radius 3 is 2.69 bits per heavy atom. The first-order chi connectivity index (χ1) is 12.4. The van der Waals surface area contributed by atoms with Crippen LogP contribution in [0.4, 0.5) is 0 Å². The molecule has 0 saturated carbocycles. The summed E-state index contributed by atoms with van der Waals surface area (Å²) < 4.78 is 10.8. The predicted octanol–water partition coefficient (Wildman–Crippen LogP) is 4.01. The number of phenolic OH excluding ortho intramolecular Hbond substituents is 1. The molecular formula is C21H22O5. The van der Waals surface area contributed by atoms with Crippen LogP contribution >= 0.6 is 0 Å². The minimum Gasteiger partial charge on any atom is -0.507 e. The highest BCUT2D eigenvalue weighted by Gasteiger charge is 2.33. The minimum absolute atomic E-state index is 0.0156. The third-order valence-corrected chi connectivity index (χ3v) is 4.86. The molecule has 0 radical (unpaired) electrons. The van der Waals surface area contributed by atoms with Crippen molar-refractivity contribution in [1.82, 2.24) is 0 Å². The Bertz CT molecular complexity index is 886. The molecule has 5 heteroatoms. The number of rotatable bonds is 4. The lowest BCUT2D eigenvalue weighted by molar-refractivity contribution is -0.114. The number of hydrogen-bond donors (Lipinski definition) is 1. The lowest BCUT2D eigenvalue weighted by atomic mass is 9.87. The molecule has 1 aliphatic carbocycles. The van der Waals surface area contributed by atoms with E-state index in [1.165, 1.54) is 13.2 Å². The van der Waals surface area contributed by atoms with Gasteiger partial charge in [0.15, 0.2) is 5.76 Å². The van der Waals surface area contributed by atoms with Gasteiger partial charge in [-0.3, -0.25) is 9.59 Å². The van der Waals surface area contributed by atoms with Gasteiger partial charge in [0.05, 0.1) is 12.7 Å². The highest BCUT2D eigenvalue weighted by molar-refractivity contribution is 6.51. The molecule has 1 aromatic carbocycles. The van der Waals surface area contributed by atoms with Crippen LogP contribution < -0.4 is 0 Å². The Morgan fingerprint density at radius 2 is 2.04 bits per heavy atom. The van der Waals surface area contributed by atoms with Crippen molar-refractivity contribution in [3.8, 4) is 5.75 Å². The lowest BCUT2D eigenvalue weighted by Gasteiger charge is -2.23. The number of benzene rings is 1. The molecule has 3 rings (SSSR count). The van der Waals surface area contributed by atoms with Crippen molar-refractivity contribution < 1.29 is 24.2 Å². The maximum Gasteiger partial charge on any atom is 0.268 e. The van der Waals surface area contributed by atoms with E-state index in [-0.39, 0.29) is 23.7 Å². The molecule has 0 amide bonds. The molecular weight excluding hydrogens is 332 g/mol. The third-order valence-electron chi connectivity index (χ3n) is 4.86. The Morgan fingerprint density at radius 1 is 1.31 bits per heavy atom. The van der Waals surface area contributed by atoms with Crippen molar-refractivity contribution >= 4 is 23.7 Å². The van der Waals surface area contributed by atoms with E-state index in [9.17, 15) is 14.7 Å². The number of Topliss-reactive ketones (excluding diaryl/α,β-unsaturated/α-hetero) is 2. The molecule has 0 spiro atoms. The second-order valence-electron chi connectivity index (χ2n) is 6.66. The Hall–Kier alpha value is -2.82. The van der Waals surface area contributed by atoms with Crippen LogP contribution in [0.5, 0.6) is 5.75 Å². The normalized spacial score (nSPS) is 17.6. The molecule has 1 atom stereocenters. The monoisotopic (exact) mass is 354 g/mol. The number of phenols is 1. The van der Waals surface area contributed by atoms with Crippen molar-refractivity contribution in [2.24, 2.45) is 5.92 Å². The number of aromatic hydroxyl groups is 1. The fraction of sp³-hybridized carbons (Fsp3) is 0.333. The summed E-state index contributed by atoms with van der Waals surface area (Å²) in [6.07, 6.45) is 6.54. The highest BCUT2D eigenvalue weighted by atomic mass is 16.5. The van der Waals surface area contributed by atoms with Gasteiger partial charge in [-0.15, -0.1) is 0 Å². The Balaban J connectivity index is 2.11. The van der Waals surface area contributed by atoms with Crippen molar-refractivity contribution in [3.05, 3.63) is 51.5 Å². The molecule has 1 aromatic rings. The summed E-state index contributed by atoms with van der Waals surface area (Å²) in [5, 5.41) is 10.6. The lowest BCUT2D eigenvalue weighted by Crippen LogP contribution is -2.23. The number of ether oxygens (including phenoxy) is 2. The van der Waals surface area contributed by atoms with E-state index in [2.05, 4.69) is 19.9 Å². The van der Waals surface area contributed by atoms with Gasteiger partial charge in [-0.1, -0.05) is 26.3 Å². The number of ketones is 2. The molecule has 1 heterocycles. The van der Waals surface area contributed by atoms with Gasteiger partial charge < -0.3 is 14.6 Å². The number of carbonyl (C=O) groups is 2. The Labute approximate surface area is 152 Å². The largest absolute Gasteiger partial charge is 0.507 e. The quantitative estimate of drug-likeness (QED) is 0.827. The van der Waals surface area contributed by atoms with Crippen LogP contribution in [0.15, 0.2) is 29.2 Å². The van der Waals surface area contributed by atoms with E-state index in [1.54, 1.807) is 6.07 Å². The number of methoxy groups -OCH3 is 1. The van der Waals surface area contributed by atoms with Crippen molar-refractivity contribution in [1.29, 1.82) is 0 Å². The Kier molecular flexibility index (Phi) is 4.72. The van der Waals surface area contributed by atoms with E-state index in [0.29, 0.717) is 17.0 Å². The average molecular weight is 354 g/mol. The molecule has 2 aliphatic rings. The van der Waals surface area contributed by atoms with Gasteiger partial charge >= 0.3 is 0 Å². The number of fused-ring (bicyclic) bond motifs is 2. The van der Waals surface area contributed by atoms with Crippen molar-refractivity contribution in [2.45, 2.75) is 33.8 Å². The van der Waals surface area contributed by atoms with Gasteiger partial charge in [0.1, 0.15) is 18.1 Å².